The topological polar surface area (TPSA) is 46.3 Å². The third-order valence-electron chi connectivity index (χ3n) is 2.10. The molecule has 0 saturated carbocycles. The molecule has 3 nitrogen and oxygen atoms in total. The van der Waals surface area contributed by atoms with Crippen LogP contribution in [0.1, 0.15) is 25.3 Å². The van der Waals surface area contributed by atoms with Crippen LogP contribution in [-0.4, -0.2) is 10.1 Å². The molecule has 0 amide bonds. The first-order chi connectivity index (χ1) is 6.18. The maximum Gasteiger partial charge on any atom is 0.181 e. The van der Waals surface area contributed by atoms with E-state index < -0.39 is 0 Å². The Hall–Kier alpha value is -1.51. The summed E-state index contributed by atoms with van der Waals surface area (Å²) in [7, 11) is 0. The number of hydrogen-bond donors (Lipinski definition) is 1. The zero-order valence-corrected chi connectivity index (χ0v) is 7.61. The van der Waals surface area contributed by atoms with Crippen molar-refractivity contribution in [1.29, 1.82) is 0 Å². The van der Waals surface area contributed by atoms with Crippen molar-refractivity contribution in [2.75, 3.05) is 0 Å². The van der Waals surface area contributed by atoms with Gasteiger partial charge in [-0.1, -0.05) is 13.8 Å². The van der Waals surface area contributed by atoms with Gasteiger partial charge in [0.2, 0.25) is 0 Å². The predicted molar refractivity (Wildman–Crippen MR) is 49.8 cm³/mol. The zero-order chi connectivity index (χ0) is 9.42. The zero-order valence-electron chi connectivity index (χ0n) is 7.61. The van der Waals surface area contributed by atoms with Gasteiger partial charge in [-0.05, 0) is 12.0 Å². The van der Waals surface area contributed by atoms with Gasteiger partial charge in [0, 0.05) is 11.6 Å². The Balaban J connectivity index is 2.69. The highest BCUT2D eigenvalue weighted by molar-refractivity contribution is 5.75. The molecule has 0 aliphatic heterocycles. The number of phenolic OH excluding ortho intramolecular Hbond substituents is 1. The molecule has 3 heteroatoms. The monoisotopic (exact) mass is 177 g/mol. The Kier molecular flexibility index (Phi) is 1.72. The van der Waals surface area contributed by atoms with Gasteiger partial charge in [0.05, 0.1) is 0 Å². The number of benzene rings is 1. The summed E-state index contributed by atoms with van der Waals surface area (Å²) in [5, 5.41) is 9.62. The molecule has 1 aromatic carbocycles. The van der Waals surface area contributed by atoms with Crippen LogP contribution >= 0.6 is 0 Å². The molecule has 68 valence electrons. The van der Waals surface area contributed by atoms with Gasteiger partial charge in [-0.25, -0.2) is 4.98 Å². The summed E-state index contributed by atoms with van der Waals surface area (Å²) in [5.74, 6) is 0.575. The van der Waals surface area contributed by atoms with Gasteiger partial charge in [-0.15, -0.1) is 0 Å². The Morgan fingerprint density at radius 2 is 2.15 bits per heavy atom. The lowest BCUT2D eigenvalue weighted by molar-refractivity contribution is 0.465. The highest BCUT2D eigenvalue weighted by Crippen LogP contribution is 2.29. The molecule has 0 saturated heterocycles. The van der Waals surface area contributed by atoms with Crippen molar-refractivity contribution in [2.24, 2.45) is 0 Å². The number of hydrogen-bond acceptors (Lipinski definition) is 3. The first kappa shape index (κ1) is 8.10. The second-order valence-corrected chi connectivity index (χ2v) is 3.39. The molecule has 0 fully saturated rings. The lowest BCUT2D eigenvalue weighted by Crippen LogP contribution is -1.87. The number of phenols is 1. The minimum Gasteiger partial charge on any atom is -0.508 e. The van der Waals surface area contributed by atoms with E-state index in [0.29, 0.717) is 5.52 Å². The molecule has 0 bridgehead atoms. The molecular weight excluding hydrogens is 166 g/mol. The fourth-order valence-corrected chi connectivity index (χ4v) is 1.37. The molecular formula is C10H11NO2. The summed E-state index contributed by atoms with van der Waals surface area (Å²) < 4.78 is 5.14. The first-order valence-corrected chi connectivity index (χ1v) is 4.24. The Morgan fingerprint density at radius 3 is 2.85 bits per heavy atom. The molecule has 0 aliphatic rings. The lowest BCUT2D eigenvalue weighted by Gasteiger charge is -2.06. The fourth-order valence-electron chi connectivity index (χ4n) is 1.37. The Bertz CT molecular complexity index is 431. The van der Waals surface area contributed by atoms with Crippen LogP contribution in [-0.2, 0) is 0 Å². The van der Waals surface area contributed by atoms with E-state index in [9.17, 15) is 5.11 Å². The van der Waals surface area contributed by atoms with Gasteiger partial charge in [-0.2, -0.15) is 0 Å². The van der Waals surface area contributed by atoms with Crippen LogP contribution < -0.4 is 0 Å². The standard InChI is InChI=1S/C10H11NO2/c1-6(2)7-3-10-8(4-9(7)12)11-5-13-10/h3-6,12H,1-2H3. The van der Waals surface area contributed by atoms with Crippen LogP contribution in [0.3, 0.4) is 0 Å². The third-order valence-corrected chi connectivity index (χ3v) is 2.10. The average molecular weight is 177 g/mol. The molecule has 0 aliphatic carbocycles. The first-order valence-electron chi connectivity index (χ1n) is 4.24. The minimum atomic E-state index is 0.287. The molecule has 1 N–H and O–H groups in total. The number of rotatable bonds is 1. The predicted octanol–water partition coefficient (Wildman–Crippen LogP) is 2.66. The largest absolute Gasteiger partial charge is 0.508 e. The summed E-state index contributed by atoms with van der Waals surface area (Å²) in [4.78, 5) is 3.95. The van der Waals surface area contributed by atoms with Crippen LogP contribution in [0.25, 0.3) is 11.1 Å². The second kappa shape index (κ2) is 2.76. The molecule has 13 heavy (non-hydrogen) atoms. The fraction of sp³-hybridized carbons (Fsp3) is 0.300. The molecule has 2 aromatic rings. The summed E-state index contributed by atoms with van der Waals surface area (Å²) >= 11 is 0. The summed E-state index contributed by atoms with van der Waals surface area (Å²) in [6.45, 7) is 4.05. The van der Waals surface area contributed by atoms with Crippen LogP contribution in [0.15, 0.2) is 22.9 Å². The highest BCUT2D eigenvalue weighted by atomic mass is 16.3. The number of fused-ring (bicyclic) bond motifs is 1. The van der Waals surface area contributed by atoms with Crippen molar-refractivity contribution >= 4 is 11.1 Å². The number of aromatic nitrogens is 1. The molecule has 0 atom stereocenters. The molecule has 2 rings (SSSR count). The van der Waals surface area contributed by atoms with Gasteiger partial charge in [0.15, 0.2) is 12.0 Å². The van der Waals surface area contributed by atoms with Gasteiger partial charge in [0.25, 0.3) is 0 Å². The SMILES string of the molecule is CC(C)c1cc2ocnc2cc1O. The van der Waals surface area contributed by atoms with E-state index in [4.69, 9.17) is 4.42 Å². The van der Waals surface area contributed by atoms with Crippen molar-refractivity contribution in [2.45, 2.75) is 19.8 Å². The van der Waals surface area contributed by atoms with Crippen LogP contribution in [0, 0.1) is 0 Å². The van der Waals surface area contributed by atoms with E-state index in [-0.39, 0.29) is 11.7 Å². The highest BCUT2D eigenvalue weighted by Gasteiger charge is 2.09. The lowest BCUT2D eigenvalue weighted by atomic mass is 10.0. The van der Waals surface area contributed by atoms with E-state index in [1.165, 1.54) is 6.39 Å². The molecule has 1 aromatic heterocycles. The molecule has 0 spiro atoms. The maximum absolute atomic E-state index is 9.62. The summed E-state index contributed by atoms with van der Waals surface area (Å²) in [5.41, 5.74) is 2.31. The summed E-state index contributed by atoms with van der Waals surface area (Å²) in [6.07, 6.45) is 1.38. The molecule has 1 heterocycles. The van der Waals surface area contributed by atoms with Crippen molar-refractivity contribution < 1.29 is 9.52 Å². The Labute approximate surface area is 76.0 Å². The van der Waals surface area contributed by atoms with Gasteiger partial charge < -0.3 is 9.52 Å². The Morgan fingerprint density at radius 1 is 1.38 bits per heavy atom. The van der Waals surface area contributed by atoms with E-state index in [1.807, 2.05) is 19.9 Å². The van der Waals surface area contributed by atoms with E-state index >= 15 is 0 Å². The van der Waals surface area contributed by atoms with Gasteiger partial charge >= 0.3 is 0 Å². The normalized spacial score (nSPS) is 11.3. The average Bonchev–Trinajstić information content (AvgIpc) is 2.48. The molecule has 0 radical (unpaired) electrons. The number of aromatic hydroxyl groups is 1. The van der Waals surface area contributed by atoms with E-state index in [0.717, 1.165) is 11.1 Å². The van der Waals surface area contributed by atoms with Crippen molar-refractivity contribution in [3.63, 3.8) is 0 Å². The van der Waals surface area contributed by atoms with Crippen molar-refractivity contribution in [1.82, 2.24) is 4.98 Å². The van der Waals surface area contributed by atoms with E-state index in [1.54, 1.807) is 6.07 Å². The van der Waals surface area contributed by atoms with Gasteiger partial charge in [0.1, 0.15) is 11.3 Å². The third kappa shape index (κ3) is 1.26. The van der Waals surface area contributed by atoms with Crippen molar-refractivity contribution in [3.05, 3.63) is 24.1 Å². The smallest absolute Gasteiger partial charge is 0.181 e. The van der Waals surface area contributed by atoms with Crippen LogP contribution in [0.2, 0.25) is 0 Å². The number of nitrogens with zero attached hydrogens (tertiary/aromatic N) is 1. The quantitative estimate of drug-likeness (QED) is 0.728. The van der Waals surface area contributed by atoms with Crippen LogP contribution in [0.5, 0.6) is 5.75 Å². The summed E-state index contributed by atoms with van der Waals surface area (Å²) in [6, 6.07) is 3.47. The van der Waals surface area contributed by atoms with Crippen LogP contribution in [0.4, 0.5) is 0 Å². The maximum atomic E-state index is 9.62. The van der Waals surface area contributed by atoms with Crippen molar-refractivity contribution in [3.8, 4) is 5.75 Å². The van der Waals surface area contributed by atoms with Gasteiger partial charge in [-0.3, -0.25) is 0 Å². The minimum absolute atomic E-state index is 0.287. The number of oxazole rings is 1. The second-order valence-electron chi connectivity index (χ2n) is 3.39. The molecule has 0 unspecified atom stereocenters. The van der Waals surface area contributed by atoms with E-state index in [2.05, 4.69) is 4.98 Å².